The molecule has 0 radical (unpaired) electrons. The van der Waals surface area contributed by atoms with Gasteiger partial charge < -0.3 is 14.7 Å². The molecule has 1 atom stereocenters. The van der Waals surface area contributed by atoms with E-state index in [0.717, 1.165) is 0 Å². The molecule has 30 heavy (non-hydrogen) atoms. The molecule has 2 aromatic carbocycles. The number of rotatable bonds is 2. The fourth-order valence-corrected chi connectivity index (χ4v) is 4.33. The summed E-state index contributed by atoms with van der Waals surface area (Å²) in [4.78, 5) is 15.8. The fraction of sp³-hybridized carbons (Fsp3) is 0.261. The van der Waals surface area contributed by atoms with E-state index in [1.807, 2.05) is 0 Å². The number of benzene rings is 2. The van der Waals surface area contributed by atoms with E-state index in [4.69, 9.17) is 22.8 Å². The van der Waals surface area contributed by atoms with Crippen LogP contribution in [0.5, 0.6) is 11.5 Å². The van der Waals surface area contributed by atoms with Gasteiger partial charge in [-0.3, -0.25) is 9.69 Å². The van der Waals surface area contributed by atoms with Crippen molar-refractivity contribution >= 4 is 17.5 Å². The smallest absolute Gasteiger partial charge is 0.246 e. The fourth-order valence-electron chi connectivity index (χ4n) is 4.06. The Hall–Kier alpha value is -3.01. The van der Waals surface area contributed by atoms with Crippen LogP contribution in [-0.2, 0) is 11.3 Å². The van der Waals surface area contributed by atoms with Crippen molar-refractivity contribution in [1.82, 2.24) is 9.80 Å². The predicted octanol–water partition coefficient (Wildman–Crippen LogP) is 3.42. The van der Waals surface area contributed by atoms with Crippen LogP contribution >= 0.6 is 11.6 Å². The molecule has 154 valence electrons. The molecule has 1 fully saturated rings. The molecule has 0 aliphatic carbocycles. The van der Waals surface area contributed by atoms with Crippen LogP contribution in [0.3, 0.4) is 0 Å². The SMILES string of the molecule is C#Cc1cc2c(c(F)c1-c1c(O)cccc1Cl)OC[C@H]1CN(C(=O)C=C)CCN1C2. The third kappa shape index (κ3) is 3.41. The minimum atomic E-state index is -0.650. The van der Waals surface area contributed by atoms with E-state index in [2.05, 4.69) is 17.4 Å². The summed E-state index contributed by atoms with van der Waals surface area (Å²) in [5, 5.41) is 10.5. The average Bonchev–Trinajstić information content (AvgIpc) is 2.93. The molecule has 0 bridgehead atoms. The maximum atomic E-state index is 15.7. The van der Waals surface area contributed by atoms with Crippen LogP contribution in [0.25, 0.3) is 11.1 Å². The van der Waals surface area contributed by atoms with Gasteiger partial charge in [0, 0.05) is 48.4 Å². The Balaban J connectivity index is 1.76. The molecule has 1 N–H and O–H groups in total. The molecule has 2 heterocycles. The lowest BCUT2D eigenvalue weighted by Crippen LogP contribution is -2.55. The highest BCUT2D eigenvalue weighted by molar-refractivity contribution is 6.33. The first-order valence-corrected chi connectivity index (χ1v) is 9.90. The number of carbonyl (C=O) groups is 1. The third-order valence-electron chi connectivity index (χ3n) is 5.58. The number of amides is 1. The molecule has 4 rings (SSSR count). The Labute approximate surface area is 179 Å². The number of fused-ring (bicyclic) bond motifs is 2. The number of hydrogen-bond acceptors (Lipinski definition) is 4. The van der Waals surface area contributed by atoms with Gasteiger partial charge in [-0.05, 0) is 24.3 Å². The Morgan fingerprint density at radius 3 is 2.90 bits per heavy atom. The number of aromatic hydroxyl groups is 1. The summed E-state index contributed by atoms with van der Waals surface area (Å²) in [6, 6.07) is 6.19. The van der Waals surface area contributed by atoms with Gasteiger partial charge in [0.1, 0.15) is 12.4 Å². The monoisotopic (exact) mass is 426 g/mol. The van der Waals surface area contributed by atoms with Crippen LogP contribution in [0, 0.1) is 18.2 Å². The van der Waals surface area contributed by atoms with Crippen LogP contribution in [-0.4, -0.2) is 53.1 Å². The molecule has 2 aliphatic rings. The van der Waals surface area contributed by atoms with Crippen molar-refractivity contribution in [3.05, 3.63) is 58.9 Å². The summed E-state index contributed by atoms with van der Waals surface area (Å²) in [5.41, 5.74) is 1.10. The number of halogens is 2. The Morgan fingerprint density at radius 2 is 2.20 bits per heavy atom. The standard InChI is InChI=1S/C23H20ClFN2O3/c1-3-14-10-15-11-26-8-9-27(19(29)4-2)12-16(26)13-30-23(15)22(25)20(14)21-17(24)6-5-7-18(21)28/h1,4-7,10,16,28H,2,8-9,11-13H2/t16-/m1/s1. The summed E-state index contributed by atoms with van der Waals surface area (Å²) < 4.78 is 21.6. The van der Waals surface area contributed by atoms with E-state index in [1.165, 1.54) is 12.1 Å². The van der Waals surface area contributed by atoms with Gasteiger partial charge in [-0.1, -0.05) is 30.2 Å². The molecule has 7 heteroatoms. The quantitative estimate of drug-likeness (QED) is 0.590. The van der Waals surface area contributed by atoms with E-state index in [0.29, 0.717) is 31.7 Å². The molecular formula is C23H20ClFN2O3. The zero-order chi connectivity index (χ0) is 21.4. The first-order chi connectivity index (χ1) is 14.4. The van der Waals surface area contributed by atoms with Crippen LogP contribution < -0.4 is 4.74 Å². The van der Waals surface area contributed by atoms with Gasteiger partial charge in [-0.2, -0.15) is 0 Å². The van der Waals surface area contributed by atoms with Gasteiger partial charge in [0.2, 0.25) is 5.91 Å². The van der Waals surface area contributed by atoms with Crippen LogP contribution in [0.15, 0.2) is 36.9 Å². The molecule has 2 aliphatic heterocycles. The predicted molar refractivity (Wildman–Crippen MR) is 113 cm³/mol. The second kappa shape index (κ2) is 8.02. The molecule has 1 amide bonds. The van der Waals surface area contributed by atoms with E-state index in [-0.39, 0.29) is 51.8 Å². The second-order valence-corrected chi connectivity index (χ2v) is 7.71. The Kier molecular flexibility index (Phi) is 5.42. The molecule has 0 aromatic heterocycles. The van der Waals surface area contributed by atoms with Crippen molar-refractivity contribution in [2.75, 3.05) is 26.2 Å². The van der Waals surface area contributed by atoms with E-state index >= 15 is 4.39 Å². The molecule has 1 saturated heterocycles. The van der Waals surface area contributed by atoms with E-state index < -0.39 is 5.82 Å². The number of terminal acetylenes is 1. The molecule has 0 saturated carbocycles. The van der Waals surface area contributed by atoms with Gasteiger partial charge in [0.25, 0.3) is 0 Å². The minimum Gasteiger partial charge on any atom is -0.507 e. The number of carbonyl (C=O) groups excluding carboxylic acids is 1. The first-order valence-electron chi connectivity index (χ1n) is 9.52. The molecule has 0 unspecified atom stereocenters. The topological polar surface area (TPSA) is 53.0 Å². The molecule has 5 nitrogen and oxygen atoms in total. The highest BCUT2D eigenvalue weighted by atomic mass is 35.5. The lowest BCUT2D eigenvalue weighted by molar-refractivity contribution is -0.129. The third-order valence-corrected chi connectivity index (χ3v) is 5.89. The number of phenolic OH excluding ortho intramolecular Hbond substituents is 1. The highest BCUT2D eigenvalue weighted by Crippen LogP contribution is 2.43. The maximum absolute atomic E-state index is 15.7. The summed E-state index contributed by atoms with van der Waals surface area (Å²) in [5.74, 6) is 1.66. The lowest BCUT2D eigenvalue weighted by Gasteiger charge is -2.39. The summed E-state index contributed by atoms with van der Waals surface area (Å²) in [7, 11) is 0. The number of phenols is 1. The summed E-state index contributed by atoms with van der Waals surface area (Å²) >= 11 is 6.25. The first kappa shape index (κ1) is 20.3. The van der Waals surface area contributed by atoms with Crippen molar-refractivity contribution in [1.29, 1.82) is 0 Å². The summed E-state index contributed by atoms with van der Waals surface area (Å²) in [6.45, 7) is 5.86. The number of nitrogens with zero attached hydrogens (tertiary/aromatic N) is 2. The van der Waals surface area contributed by atoms with E-state index in [1.54, 1.807) is 23.1 Å². The van der Waals surface area contributed by atoms with Crippen LogP contribution in [0.1, 0.15) is 11.1 Å². The van der Waals surface area contributed by atoms with Crippen molar-refractivity contribution in [3.8, 4) is 35.0 Å². The largest absolute Gasteiger partial charge is 0.507 e. The minimum absolute atomic E-state index is 0.0442. The van der Waals surface area contributed by atoms with Crippen LogP contribution in [0.4, 0.5) is 4.39 Å². The lowest BCUT2D eigenvalue weighted by atomic mass is 9.95. The van der Waals surface area contributed by atoms with Gasteiger partial charge >= 0.3 is 0 Å². The molecule has 2 aromatic rings. The normalized spacial score (nSPS) is 18.4. The number of hydrogen-bond donors (Lipinski definition) is 1. The van der Waals surface area contributed by atoms with Gasteiger partial charge in [-0.15, -0.1) is 6.42 Å². The van der Waals surface area contributed by atoms with E-state index in [9.17, 15) is 9.90 Å². The summed E-state index contributed by atoms with van der Waals surface area (Å²) in [6.07, 6.45) is 6.97. The Bertz CT molecular complexity index is 1060. The molecule has 0 spiro atoms. The van der Waals surface area contributed by atoms with Gasteiger partial charge in [0.15, 0.2) is 11.6 Å². The zero-order valence-corrected chi connectivity index (χ0v) is 17.0. The van der Waals surface area contributed by atoms with Crippen molar-refractivity contribution in [2.24, 2.45) is 0 Å². The zero-order valence-electron chi connectivity index (χ0n) is 16.2. The second-order valence-electron chi connectivity index (χ2n) is 7.30. The highest BCUT2D eigenvalue weighted by Gasteiger charge is 2.34. The van der Waals surface area contributed by atoms with Gasteiger partial charge in [-0.25, -0.2) is 4.39 Å². The number of ether oxygens (including phenoxy) is 1. The Morgan fingerprint density at radius 1 is 1.40 bits per heavy atom. The average molecular weight is 427 g/mol. The number of piperazine rings is 1. The maximum Gasteiger partial charge on any atom is 0.246 e. The van der Waals surface area contributed by atoms with Gasteiger partial charge in [0.05, 0.1) is 11.1 Å². The van der Waals surface area contributed by atoms with Crippen LogP contribution in [0.2, 0.25) is 5.02 Å². The molecular weight excluding hydrogens is 407 g/mol. The van der Waals surface area contributed by atoms with Crippen molar-refractivity contribution < 1.29 is 19.0 Å². The van der Waals surface area contributed by atoms with Crippen molar-refractivity contribution in [2.45, 2.75) is 12.6 Å². The van der Waals surface area contributed by atoms with Crippen molar-refractivity contribution in [3.63, 3.8) is 0 Å².